The third kappa shape index (κ3) is 2.88. The van der Waals surface area contributed by atoms with Crippen molar-refractivity contribution in [1.29, 1.82) is 0 Å². The zero-order valence-corrected chi connectivity index (χ0v) is 14.3. The van der Waals surface area contributed by atoms with E-state index in [1.807, 2.05) is 0 Å². The topological polar surface area (TPSA) is 84.5 Å². The third-order valence-electron chi connectivity index (χ3n) is 4.87. The van der Waals surface area contributed by atoms with Crippen LogP contribution in [0.1, 0.15) is 30.9 Å². The van der Waals surface area contributed by atoms with Gasteiger partial charge in [-0.05, 0) is 32.0 Å². The molecular weight excluding hydrogens is 335 g/mol. The minimum Gasteiger partial charge on any atom is -0.490 e. The number of nitrogens with one attached hydrogen (secondary N) is 2. The molecule has 1 aromatic carbocycles. The number of para-hydroxylation sites is 1. The normalized spacial score (nSPS) is 23.0. The summed E-state index contributed by atoms with van der Waals surface area (Å²) in [6.07, 6.45) is 2.05. The second kappa shape index (κ2) is 6.33. The van der Waals surface area contributed by atoms with Gasteiger partial charge >= 0.3 is 0 Å². The maximum Gasteiger partial charge on any atom is 0.242 e. The molecule has 0 aliphatic carbocycles. The van der Waals surface area contributed by atoms with E-state index in [-0.39, 0.29) is 25.2 Å². The third-order valence-corrected chi connectivity index (χ3v) is 6.88. The lowest BCUT2D eigenvalue weighted by atomic mass is 9.93. The lowest BCUT2D eigenvalue weighted by Gasteiger charge is -2.36. The maximum absolute atomic E-state index is 13.9. The van der Waals surface area contributed by atoms with Gasteiger partial charge in [0.1, 0.15) is 0 Å². The predicted octanol–water partition coefficient (Wildman–Crippen LogP) is 0.932. The number of sulfone groups is 1. The molecule has 2 N–H and O–H groups in total. The molecule has 0 unspecified atom stereocenters. The number of benzene rings is 1. The highest BCUT2D eigenvalue weighted by Gasteiger charge is 2.49. The fraction of sp³-hybridized carbons (Fsp3) is 0.562. The van der Waals surface area contributed by atoms with E-state index in [4.69, 9.17) is 4.74 Å². The van der Waals surface area contributed by atoms with Crippen LogP contribution in [-0.2, 0) is 14.6 Å². The van der Waals surface area contributed by atoms with Gasteiger partial charge in [0, 0.05) is 18.2 Å². The second-order valence-corrected chi connectivity index (χ2v) is 8.66. The van der Waals surface area contributed by atoms with Crippen LogP contribution < -0.4 is 15.4 Å². The summed E-state index contributed by atoms with van der Waals surface area (Å²) in [4.78, 5) is 12.9. The van der Waals surface area contributed by atoms with E-state index in [0.29, 0.717) is 25.1 Å². The van der Waals surface area contributed by atoms with E-state index >= 15 is 0 Å². The molecule has 1 amide bonds. The van der Waals surface area contributed by atoms with E-state index in [1.54, 1.807) is 12.1 Å². The lowest BCUT2D eigenvalue weighted by Crippen LogP contribution is -2.57. The highest BCUT2D eigenvalue weighted by molar-refractivity contribution is 7.92. The molecule has 1 atom stereocenters. The zero-order valence-electron chi connectivity index (χ0n) is 13.5. The van der Waals surface area contributed by atoms with Crippen molar-refractivity contribution < 1.29 is 22.3 Å². The predicted molar refractivity (Wildman–Crippen MR) is 87.1 cm³/mol. The minimum absolute atomic E-state index is 0.132. The van der Waals surface area contributed by atoms with Gasteiger partial charge in [-0.2, -0.15) is 0 Å². The maximum atomic E-state index is 13.9. The minimum atomic E-state index is -3.58. The number of carbonyl (C=O) groups is 1. The Balaban J connectivity index is 1.89. The Kier molecular flexibility index (Phi) is 4.52. The Morgan fingerprint density at radius 3 is 2.75 bits per heavy atom. The molecule has 0 bridgehead atoms. The first-order valence-corrected chi connectivity index (χ1v) is 9.87. The number of halogens is 1. The lowest BCUT2D eigenvalue weighted by molar-refractivity contribution is -0.125. The van der Waals surface area contributed by atoms with Crippen LogP contribution >= 0.6 is 0 Å². The molecule has 0 spiro atoms. The highest BCUT2D eigenvalue weighted by Crippen LogP contribution is 2.35. The van der Waals surface area contributed by atoms with Gasteiger partial charge in [-0.15, -0.1) is 0 Å². The fourth-order valence-corrected chi connectivity index (χ4v) is 4.76. The summed E-state index contributed by atoms with van der Waals surface area (Å²) in [6.45, 7) is 1.21. The fourth-order valence-electron chi connectivity index (χ4n) is 3.42. The molecule has 0 saturated carbocycles. The van der Waals surface area contributed by atoms with Crippen LogP contribution in [0.25, 0.3) is 0 Å². The number of hydrogen-bond donors (Lipinski definition) is 2. The molecule has 2 aliphatic rings. The number of rotatable bonds is 3. The van der Waals surface area contributed by atoms with Crippen LogP contribution in [0.15, 0.2) is 18.2 Å². The second-order valence-electron chi connectivity index (χ2n) is 6.34. The molecule has 0 aromatic heterocycles. The van der Waals surface area contributed by atoms with Crippen molar-refractivity contribution in [3.05, 3.63) is 29.6 Å². The smallest absolute Gasteiger partial charge is 0.242 e. The Morgan fingerprint density at radius 1 is 1.38 bits per heavy atom. The first-order valence-electron chi connectivity index (χ1n) is 7.98. The zero-order chi connectivity index (χ0) is 17.4. The van der Waals surface area contributed by atoms with Crippen LogP contribution in [0, 0.1) is 5.82 Å². The first-order chi connectivity index (χ1) is 11.3. The van der Waals surface area contributed by atoms with Crippen LogP contribution in [0.4, 0.5) is 4.39 Å². The van der Waals surface area contributed by atoms with Crippen molar-refractivity contribution in [2.75, 3.05) is 26.0 Å². The van der Waals surface area contributed by atoms with Crippen LogP contribution in [-0.4, -0.2) is 45.0 Å². The number of fused-ring (bicyclic) bond motifs is 1. The number of piperidine rings is 1. The Morgan fingerprint density at radius 2 is 2.08 bits per heavy atom. The van der Waals surface area contributed by atoms with Crippen molar-refractivity contribution in [3.8, 4) is 5.75 Å². The van der Waals surface area contributed by atoms with E-state index in [1.165, 1.54) is 6.07 Å². The largest absolute Gasteiger partial charge is 0.490 e. The molecule has 0 radical (unpaired) electrons. The van der Waals surface area contributed by atoms with Crippen molar-refractivity contribution in [2.24, 2.45) is 0 Å². The standard InChI is InChI=1S/C16H21FN2O4S/c1-24(21,22)16(6-8-18-9-7-16)15(20)19-13-5-10-23-14-11(13)3-2-4-12(14)17/h2-4,13,18H,5-10H2,1H3,(H,19,20)/t13-/m1/s1. The number of ether oxygens (including phenoxy) is 1. The molecule has 2 heterocycles. The van der Waals surface area contributed by atoms with Gasteiger partial charge in [0.05, 0.1) is 12.6 Å². The molecular formula is C16H21FN2O4S. The summed E-state index contributed by atoms with van der Waals surface area (Å²) >= 11 is 0. The molecule has 6 nitrogen and oxygen atoms in total. The SMILES string of the molecule is CS(=O)(=O)C1(C(=O)N[C@@H]2CCOc3c(F)cccc32)CCNCC1. The summed E-state index contributed by atoms with van der Waals surface area (Å²) < 4.78 is 42.4. The Bertz CT molecular complexity index is 744. The van der Waals surface area contributed by atoms with Gasteiger partial charge in [0.15, 0.2) is 26.2 Å². The van der Waals surface area contributed by atoms with Crippen molar-refractivity contribution >= 4 is 15.7 Å². The summed E-state index contributed by atoms with van der Waals surface area (Å²) in [6, 6.07) is 4.09. The summed E-state index contributed by atoms with van der Waals surface area (Å²) in [5.41, 5.74) is 0.548. The molecule has 3 rings (SSSR count). The first kappa shape index (κ1) is 17.2. The van der Waals surface area contributed by atoms with Gasteiger partial charge in [-0.1, -0.05) is 12.1 Å². The molecule has 1 saturated heterocycles. The molecule has 132 valence electrons. The van der Waals surface area contributed by atoms with E-state index < -0.39 is 32.4 Å². The summed E-state index contributed by atoms with van der Waals surface area (Å²) in [5.74, 6) is -0.854. The van der Waals surface area contributed by atoms with Gasteiger partial charge in [-0.3, -0.25) is 4.79 Å². The van der Waals surface area contributed by atoms with Gasteiger partial charge < -0.3 is 15.4 Å². The summed E-state index contributed by atoms with van der Waals surface area (Å²) in [7, 11) is -3.58. The van der Waals surface area contributed by atoms with Crippen molar-refractivity contribution in [3.63, 3.8) is 0 Å². The molecule has 8 heteroatoms. The van der Waals surface area contributed by atoms with Crippen molar-refractivity contribution in [2.45, 2.75) is 30.1 Å². The molecule has 24 heavy (non-hydrogen) atoms. The van der Waals surface area contributed by atoms with Crippen molar-refractivity contribution in [1.82, 2.24) is 10.6 Å². The van der Waals surface area contributed by atoms with Gasteiger partial charge in [0.2, 0.25) is 5.91 Å². The molecule has 1 fully saturated rings. The Hall–Kier alpha value is -1.67. The highest BCUT2D eigenvalue weighted by atomic mass is 32.2. The number of hydrogen-bond acceptors (Lipinski definition) is 5. The van der Waals surface area contributed by atoms with Crippen LogP contribution in [0.5, 0.6) is 5.75 Å². The Labute approximate surface area is 140 Å². The molecule has 1 aromatic rings. The summed E-state index contributed by atoms with van der Waals surface area (Å²) in [5, 5.41) is 5.91. The van der Waals surface area contributed by atoms with Gasteiger partial charge in [-0.25, -0.2) is 12.8 Å². The molecule has 2 aliphatic heterocycles. The van der Waals surface area contributed by atoms with E-state index in [9.17, 15) is 17.6 Å². The average molecular weight is 356 g/mol. The van der Waals surface area contributed by atoms with E-state index in [0.717, 1.165) is 6.26 Å². The number of amides is 1. The monoisotopic (exact) mass is 356 g/mol. The number of carbonyl (C=O) groups excluding carboxylic acids is 1. The van der Waals surface area contributed by atoms with E-state index in [2.05, 4.69) is 10.6 Å². The van der Waals surface area contributed by atoms with Crippen LogP contribution in [0.3, 0.4) is 0 Å². The quantitative estimate of drug-likeness (QED) is 0.842. The average Bonchev–Trinajstić information content (AvgIpc) is 2.55. The van der Waals surface area contributed by atoms with Gasteiger partial charge in [0.25, 0.3) is 0 Å². The van der Waals surface area contributed by atoms with Crippen LogP contribution in [0.2, 0.25) is 0 Å².